The maximum atomic E-state index is 12.5. The first-order valence-corrected chi connectivity index (χ1v) is 6.60. The monoisotopic (exact) mass is 298 g/mol. The van der Waals surface area contributed by atoms with Crippen LogP contribution in [0.1, 0.15) is 21.6 Å². The minimum atomic E-state index is -0.167. The Morgan fingerprint density at radius 3 is 2.86 bits per heavy atom. The van der Waals surface area contributed by atoms with E-state index in [1.165, 1.54) is 0 Å². The first-order chi connectivity index (χ1) is 10.1. The van der Waals surface area contributed by atoms with Crippen LogP contribution in [0, 0.1) is 13.0 Å². The number of H-pyrrole nitrogens is 1. The summed E-state index contributed by atoms with van der Waals surface area (Å²) in [5.41, 5.74) is 3.60. The zero-order chi connectivity index (χ0) is 14.6. The van der Waals surface area contributed by atoms with Crippen LogP contribution in [0.4, 0.5) is 5.69 Å². The molecule has 0 spiro atoms. The molecule has 0 atom stereocenters. The first-order valence-electron chi connectivity index (χ1n) is 6.60. The molecule has 1 aromatic heterocycles. The van der Waals surface area contributed by atoms with Crippen molar-refractivity contribution in [2.24, 2.45) is 4.99 Å². The standard InChI is InChI=1S/C17H11N2O2.Na/c1-9-6-7-13-11(8-9)17(21)15(19-13)14-16(20)10-4-2-3-5-12(10)18-14;/h3-8,18,20H,1H3;/q-1;+1. The van der Waals surface area contributed by atoms with Crippen LogP contribution in [-0.4, -0.2) is 21.6 Å². The number of nitrogens with one attached hydrogen (secondary N) is 1. The Bertz CT molecular complexity index is 941. The molecule has 0 saturated heterocycles. The van der Waals surface area contributed by atoms with Crippen LogP contribution in [0.2, 0.25) is 0 Å². The van der Waals surface area contributed by atoms with Crippen LogP contribution in [0.5, 0.6) is 5.75 Å². The molecule has 5 heteroatoms. The Morgan fingerprint density at radius 2 is 2.09 bits per heavy atom. The summed E-state index contributed by atoms with van der Waals surface area (Å²) in [5.74, 6) is -0.127. The van der Waals surface area contributed by atoms with E-state index in [-0.39, 0.29) is 46.8 Å². The van der Waals surface area contributed by atoms with Crippen molar-refractivity contribution >= 4 is 28.1 Å². The van der Waals surface area contributed by atoms with Crippen molar-refractivity contribution in [3.8, 4) is 5.75 Å². The summed E-state index contributed by atoms with van der Waals surface area (Å²) < 4.78 is 0. The van der Waals surface area contributed by atoms with Gasteiger partial charge in [-0.05, 0) is 19.1 Å². The molecule has 0 radical (unpaired) electrons. The number of rotatable bonds is 1. The number of fused-ring (bicyclic) bond motifs is 2. The average molecular weight is 298 g/mol. The van der Waals surface area contributed by atoms with Crippen LogP contribution in [0.15, 0.2) is 41.4 Å². The smallest absolute Gasteiger partial charge is 0.518 e. The van der Waals surface area contributed by atoms with Crippen LogP contribution in [-0.2, 0) is 0 Å². The zero-order valence-corrected chi connectivity index (χ0v) is 14.3. The molecule has 3 aromatic rings. The van der Waals surface area contributed by atoms with E-state index < -0.39 is 0 Å². The second-order valence-corrected chi connectivity index (χ2v) is 5.13. The third kappa shape index (κ3) is 2.11. The molecule has 102 valence electrons. The number of hydrogen-bond donors (Lipinski definition) is 2. The van der Waals surface area contributed by atoms with Gasteiger partial charge in [0.15, 0.2) is 0 Å². The molecule has 1 aliphatic heterocycles. The van der Waals surface area contributed by atoms with Gasteiger partial charge in [-0.3, -0.25) is 4.79 Å². The summed E-state index contributed by atoms with van der Waals surface area (Å²) in [6.07, 6.45) is 0. The van der Waals surface area contributed by atoms with Crippen LogP contribution in [0.3, 0.4) is 0 Å². The Balaban J connectivity index is 0.00000144. The number of ketones is 1. The summed E-state index contributed by atoms with van der Waals surface area (Å²) in [6, 6.07) is 13.7. The summed E-state index contributed by atoms with van der Waals surface area (Å²) in [5, 5.41) is 11.0. The molecule has 2 N–H and O–H groups in total. The molecule has 2 aromatic carbocycles. The van der Waals surface area contributed by atoms with Crippen molar-refractivity contribution in [3.05, 3.63) is 59.3 Å². The van der Waals surface area contributed by atoms with E-state index in [9.17, 15) is 9.90 Å². The molecule has 0 fully saturated rings. The van der Waals surface area contributed by atoms with Crippen molar-refractivity contribution in [1.82, 2.24) is 4.98 Å². The third-order valence-corrected chi connectivity index (χ3v) is 3.70. The van der Waals surface area contributed by atoms with E-state index in [4.69, 9.17) is 0 Å². The maximum absolute atomic E-state index is 12.5. The molecule has 0 amide bonds. The van der Waals surface area contributed by atoms with Gasteiger partial charge in [0, 0.05) is 0 Å². The second kappa shape index (κ2) is 5.39. The van der Waals surface area contributed by atoms with Crippen molar-refractivity contribution < 1.29 is 39.5 Å². The summed E-state index contributed by atoms with van der Waals surface area (Å²) in [4.78, 5) is 19.9. The van der Waals surface area contributed by atoms with Crippen molar-refractivity contribution in [2.45, 2.75) is 6.92 Å². The van der Waals surface area contributed by atoms with Gasteiger partial charge in [-0.2, -0.15) is 18.2 Å². The van der Waals surface area contributed by atoms with Crippen LogP contribution in [0.25, 0.3) is 10.9 Å². The number of carbonyl (C=O) groups excluding carboxylic acids is 1. The molecular weight excluding hydrogens is 287 g/mol. The topological polar surface area (TPSA) is 65.5 Å². The Hall–Kier alpha value is -1.88. The van der Waals surface area contributed by atoms with E-state index in [0.717, 1.165) is 11.1 Å². The van der Waals surface area contributed by atoms with E-state index in [1.54, 1.807) is 18.2 Å². The van der Waals surface area contributed by atoms with Gasteiger partial charge in [-0.1, -0.05) is 22.5 Å². The number of carbonyl (C=O) groups is 1. The van der Waals surface area contributed by atoms with Gasteiger partial charge in [-0.25, -0.2) is 4.99 Å². The average Bonchev–Trinajstić information content (AvgIpc) is 2.98. The predicted molar refractivity (Wildman–Crippen MR) is 80.5 cm³/mol. The van der Waals surface area contributed by atoms with Crippen molar-refractivity contribution in [1.29, 1.82) is 0 Å². The minimum absolute atomic E-state index is 0. The molecule has 2 heterocycles. The number of aromatic nitrogens is 1. The minimum Gasteiger partial charge on any atom is -0.518 e. The SMILES string of the molecule is Cc1ccc2c(c1)C(=O)C(c1[nH]c3cc[c-]cc3c1O)=N2.[Na+]. The van der Waals surface area contributed by atoms with Crippen molar-refractivity contribution in [2.75, 3.05) is 0 Å². The summed E-state index contributed by atoms with van der Waals surface area (Å²) in [7, 11) is 0. The number of aryl methyl sites for hydroxylation is 1. The number of benzene rings is 2. The fourth-order valence-corrected chi connectivity index (χ4v) is 2.63. The molecule has 1 aliphatic rings. The molecule has 0 aliphatic carbocycles. The largest absolute Gasteiger partial charge is 1.00 e. The second-order valence-electron chi connectivity index (χ2n) is 5.13. The van der Waals surface area contributed by atoms with E-state index in [1.807, 2.05) is 25.1 Å². The summed E-state index contributed by atoms with van der Waals surface area (Å²) >= 11 is 0. The van der Waals surface area contributed by atoms with Crippen LogP contribution >= 0.6 is 0 Å². The third-order valence-electron chi connectivity index (χ3n) is 3.70. The van der Waals surface area contributed by atoms with Crippen molar-refractivity contribution in [3.63, 3.8) is 0 Å². The summed E-state index contributed by atoms with van der Waals surface area (Å²) in [6.45, 7) is 1.93. The molecular formula is C17H11N2NaO2. The predicted octanol–water partition coefficient (Wildman–Crippen LogP) is 0.303. The quantitative estimate of drug-likeness (QED) is 0.501. The zero-order valence-electron chi connectivity index (χ0n) is 12.3. The molecule has 0 bridgehead atoms. The number of nitrogens with zero attached hydrogens (tertiary/aromatic N) is 1. The number of aromatic amines is 1. The van der Waals surface area contributed by atoms with Gasteiger partial charge in [-0.15, -0.1) is 6.07 Å². The van der Waals surface area contributed by atoms with Gasteiger partial charge in [0.2, 0.25) is 5.78 Å². The van der Waals surface area contributed by atoms with Gasteiger partial charge in [0.25, 0.3) is 0 Å². The fraction of sp³-hybridized carbons (Fsp3) is 0.0588. The Labute approximate surface area is 149 Å². The van der Waals surface area contributed by atoms with E-state index in [0.29, 0.717) is 22.3 Å². The van der Waals surface area contributed by atoms with Gasteiger partial charge < -0.3 is 10.1 Å². The van der Waals surface area contributed by atoms with E-state index in [2.05, 4.69) is 16.0 Å². The van der Waals surface area contributed by atoms with Gasteiger partial charge in [0.05, 0.1) is 22.7 Å². The molecule has 4 nitrogen and oxygen atoms in total. The normalized spacial score (nSPS) is 13.0. The molecule has 4 rings (SSSR count). The van der Waals surface area contributed by atoms with Gasteiger partial charge in [0.1, 0.15) is 5.71 Å². The number of Topliss-reactive ketones (excluding diaryl/α,β-unsaturated/α-hetero) is 1. The molecule has 22 heavy (non-hydrogen) atoms. The molecule has 0 unspecified atom stereocenters. The first kappa shape index (κ1) is 15.0. The van der Waals surface area contributed by atoms with Crippen LogP contribution < -0.4 is 29.6 Å². The molecule has 0 saturated carbocycles. The number of hydrogen-bond acceptors (Lipinski definition) is 3. The van der Waals surface area contributed by atoms with E-state index >= 15 is 0 Å². The fourth-order valence-electron chi connectivity index (χ4n) is 2.63. The Kier molecular flexibility index (Phi) is 3.68. The number of aliphatic imine (C=N–C) groups is 1. The maximum Gasteiger partial charge on any atom is 1.00 e. The number of aromatic hydroxyl groups is 1. The van der Waals surface area contributed by atoms with Gasteiger partial charge >= 0.3 is 29.6 Å². The Morgan fingerprint density at radius 1 is 1.27 bits per heavy atom.